The Kier molecular flexibility index (Phi) is 7.34. The van der Waals surface area contributed by atoms with Gasteiger partial charge in [-0.15, -0.1) is 5.10 Å². The van der Waals surface area contributed by atoms with E-state index in [1.807, 2.05) is 0 Å². The number of hydrogen-bond donors (Lipinski definition) is 3. The molecule has 220 valence electrons. The quantitative estimate of drug-likeness (QED) is 0.383. The second kappa shape index (κ2) is 10.7. The molecule has 2 atom stereocenters. The van der Waals surface area contributed by atoms with E-state index < -0.39 is 17.0 Å². The number of anilines is 1. The van der Waals surface area contributed by atoms with Crippen molar-refractivity contribution < 1.29 is 28.9 Å². The Balaban J connectivity index is 1.12. The molecular weight excluding hydrogens is 553 g/mol. The molecule has 2 unspecified atom stereocenters. The van der Waals surface area contributed by atoms with Crippen molar-refractivity contribution in [3.63, 3.8) is 0 Å². The number of aliphatic hydroxyl groups is 2. The van der Waals surface area contributed by atoms with Crippen LogP contribution in [0, 0.1) is 17.7 Å². The van der Waals surface area contributed by atoms with Gasteiger partial charge in [-0.1, -0.05) is 11.6 Å². The Hall–Kier alpha value is -2.99. The summed E-state index contributed by atoms with van der Waals surface area (Å²) in [6, 6.07) is 5.85. The summed E-state index contributed by atoms with van der Waals surface area (Å²) >= 11 is 5.88. The first-order valence-electron chi connectivity index (χ1n) is 14.0. The fraction of sp³-hybridized carbons (Fsp3) is 0.552. The lowest BCUT2D eigenvalue weighted by Gasteiger charge is -2.31. The average Bonchev–Trinajstić information content (AvgIpc) is 3.67. The number of aromatic nitrogens is 4. The van der Waals surface area contributed by atoms with Gasteiger partial charge in [0, 0.05) is 57.8 Å². The number of ether oxygens (including phenoxy) is 2. The third kappa shape index (κ3) is 5.48. The predicted molar refractivity (Wildman–Crippen MR) is 148 cm³/mol. The van der Waals surface area contributed by atoms with Crippen LogP contribution in [0.25, 0.3) is 0 Å². The lowest BCUT2D eigenvalue weighted by Crippen LogP contribution is -2.41. The lowest BCUT2D eigenvalue weighted by molar-refractivity contribution is -0.0862. The van der Waals surface area contributed by atoms with Crippen LogP contribution in [0.2, 0.25) is 5.02 Å². The van der Waals surface area contributed by atoms with E-state index in [1.54, 1.807) is 35.7 Å². The maximum Gasteiger partial charge on any atom is 0.274 e. The predicted octanol–water partition coefficient (Wildman–Crippen LogP) is 3.91. The molecule has 0 spiro atoms. The van der Waals surface area contributed by atoms with Gasteiger partial charge in [0.15, 0.2) is 0 Å². The van der Waals surface area contributed by atoms with E-state index in [0.717, 1.165) is 18.5 Å². The highest BCUT2D eigenvalue weighted by atomic mass is 35.5. The Morgan fingerprint density at radius 2 is 1.90 bits per heavy atom. The molecule has 1 aromatic carbocycles. The van der Waals surface area contributed by atoms with Gasteiger partial charge in [-0.25, -0.2) is 9.37 Å². The van der Waals surface area contributed by atoms with Gasteiger partial charge in [-0.2, -0.15) is 0 Å². The van der Waals surface area contributed by atoms with E-state index in [4.69, 9.17) is 21.1 Å². The topological polar surface area (TPSA) is 124 Å². The van der Waals surface area contributed by atoms with Gasteiger partial charge in [0.05, 0.1) is 22.7 Å². The molecule has 3 fully saturated rings. The highest BCUT2D eigenvalue weighted by Gasteiger charge is 2.52. The summed E-state index contributed by atoms with van der Waals surface area (Å²) in [5, 5.41) is 29.6. The van der Waals surface area contributed by atoms with Crippen molar-refractivity contribution in [2.24, 2.45) is 25.9 Å². The molecule has 3 N–H and O–H groups in total. The van der Waals surface area contributed by atoms with Crippen LogP contribution in [0.1, 0.15) is 66.3 Å². The standard InChI is InChI=1S/C29H35ClFN5O5/c1-35-16-32-25(26(35)27(37)33-20-3-4-22(31)21(30)11-20)17-9-18-13-29(39,14-19(18)10-17)23-12-24(34-36(23)2)41-15-28(38)5-7-40-8-6-28/h3-4,11-12,16-19,38-39H,5-10,13-15H2,1-2H3,(H,33,37). The molecule has 1 saturated heterocycles. The Morgan fingerprint density at radius 1 is 1.20 bits per heavy atom. The van der Waals surface area contributed by atoms with E-state index in [-0.39, 0.29) is 35.3 Å². The summed E-state index contributed by atoms with van der Waals surface area (Å²) in [6.45, 7) is 1.14. The summed E-state index contributed by atoms with van der Waals surface area (Å²) in [4.78, 5) is 17.8. The largest absolute Gasteiger partial charge is 0.474 e. The number of amides is 1. The lowest BCUT2D eigenvalue weighted by atomic mass is 9.90. The third-order valence-electron chi connectivity index (χ3n) is 9.03. The number of benzene rings is 1. The van der Waals surface area contributed by atoms with Crippen LogP contribution < -0.4 is 10.1 Å². The smallest absolute Gasteiger partial charge is 0.274 e. The van der Waals surface area contributed by atoms with Crippen LogP contribution in [-0.2, 0) is 24.4 Å². The fourth-order valence-corrected chi connectivity index (χ4v) is 7.11. The Labute approximate surface area is 242 Å². The van der Waals surface area contributed by atoms with Gasteiger partial charge in [0.25, 0.3) is 5.91 Å². The molecule has 6 rings (SSSR count). The number of imidazole rings is 1. The van der Waals surface area contributed by atoms with Gasteiger partial charge in [0.1, 0.15) is 29.3 Å². The summed E-state index contributed by atoms with van der Waals surface area (Å²) in [5.41, 5.74) is 0.339. The van der Waals surface area contributed by atoms with Gasteiger partial charge in [0.2, 0.25) is 5.88 Å². The number of carbonyl (C=O) groups is 1. The van der Waals surface area contributed by atoms with Crippen molar-refractivity contribution in [1.29, 1.82) is 0 Å². The molecule has 3 aromatic rings. The van der Waals surface area contributed by atoms with E-state index in [0.29, 0.717) is 61.9 Å². The van der Waals surface area contributed by atoms with Gasteiger partial charge in [-0.3, -0.25) is 9.48 Å². The zero-order valence-corrected chi connectivity index (χ0v) is 23.9. The molecule has 3 aliphatic rings. The Bertz CT molecular complexity index is 1440. The number of nitrogens with zero attached hydrogens (tertiary/aromatic N) is 4. The second-order valence-corrected chi connectivity index (χ2v) is 12.3. The minimum atomic E-state index is -1.04. The van der Waals surface area contributed by atoms with Crippen molar-refractivity contribution in [2.45, 2.75) is 55.6 Å². The average molecular weight is 588 g/mol. The highest BCUT2D eigenvalue weighted by molar-refractivity contribution is 6.31. The molecule has 1 amide bonds. The normalized spacial score (nSPS) is 27.1. The van der Waals surface area contributed by atoms with E-state index in [9.17, 15) is 19.4 Å². The van der Waals surface area contributed by atoms with Crippen molar-refractivity contribution >= 4 is 23.2 Å². The van der Waals surface area contributed by atoms with Gasteiger partial charge >= 0.3 is 0 Å². The van der Waals surface area contributed by atoms with Gasteiger partial charge < -0.3 is 29.6 Å². The molecule has 0 bridgehead atoms. The number of nitrogens with one attached hydrogen (secondary N) is 1. The molecule has 2 aliphatic carbocycles. The third-order valence-corrected chi connectivity index (χ3v) is 9.32. The zero-order valence-electron chi connectivity index (χ0n) is 23.1. The highest BCUT2D eigenvalue weighted by Crippen LogP contribution is 2.57. The molecule has 12 heteroatoms. The van der Waals surface area contributed by atoms with Crippen LogP contribution in [0.3, 0.4) is 0 Å². The number of carbonyl (C=O) groups excluding carboxylic acids is 1. The molecule has 3 heterocycles. The molecule has 1 aliphatic heterocycles. The number of halogens is 2. The summed E-state index contributed by atoms with van der Waals surface area (Å²) in [5.74, 6) is 0.120. The second-order valence-electron chi connectivity index (χ2n) is 11.9. The van der Waals surface area contributed by atoms with E-state index in [2.05, 4.69) is 15.4 Å². The van der Waals surface area contributed by atoms with Crippen LogP contribution >= 0.6 is 11.6 Å². The summed E-state index contributed by atoms with van der Waals surface area (Å²) < 4.78 is 28.1. The first-order chi connectivity index (χ1) is 19.5. The molecule has 41 heavy (non-hydrogen) atoms. The van der Waals surface area contributed by atoms with Crippen LogP contribution in [0.5, 0.6) is 5.88 Å². The van der Waals surface area contributed by atoms with Crippen LogP contribution in [0.15, 0.2) is 30.6 Å². The van der Waals surface area contributed by atoms with Crippen molar-refractivity contribution in [1.82, 2.24) is 19.3 Å². The van der Waals surface area contributed by atoms with E-state index in [1.165, 1.54) is 18.2 Å². The monoisotopic (exact) mass is 587 g/mol. The number of hydrogen-bond acceptors (Lipinski definition) is 7. The molecule has 10 nitrogen and oxygen atoms in total. The molecule has 2 aromatic heterocycles. The molecule has 0 radical (unpaired) electrons. The molecular formula is C29H35ClFN5O5. The maximum absolute atomic E-state index is 13.6. The zero-order chi connectivity index (χ0) is 28.9. The van der Waals surface area contributed by atoms with Crippen molar-refractivity contribution in [2.75, 3.05) is 25.1 Å². The summed E-state index contributed by atoms with van der Waals surface area (Å²) in [7, 11) is 3.58. The van der Waals surface area contributed by atoms with Crippen molar-refractivity contribution in [3.05, 3.63) is 58.5 Å². The minimum Gasteiger partial charge on any atom is -0.474 e. The van der Waals surface area contributed by atoms with Crippen molar-refractivity contribution in [3.8, 4) is 5.88 Å². The number of fused-ring (bicyclic) bond motifs is 1. The first kappa shape index (κ1) is 28.1. The van der Waals surface area contributed by atoms with E-state index >= 15 is 0 Å². The first-order valence-corrected chi connectivity index (χ1v) is 14.4. The SMILES string of the molecule is Cn1cnc(C2CC3CC(O)(c4cc(OCC5(O)CCOCC5)nn4C)CC3C2)c1C(=O)Nc1ccc(F)c(Cl)c1. The molecule has 2 saturated carbocycles. The number of aryl methyl sites for hydroxylation is 2. The summed E-state index contributed by atoms with van der Waals surface area (Å²) in [6.07, 6.45) is 5.45. The maximum atomic E-state index is 13.6. The Morgan fingerprint density at radius 3 is 2.59 bits per heavy atom. The van der Waals surface area contributed by atoms with Crippen LogP contribution in [0.4, 0.5) is 10.1 Å². The fourth-order valence-electron chi connectivity index (χ4n) is 6.93. The number of rotatable bonds is 7. The van der Waals surface area contributed by atoms with Crippen LogP contribution in [-0.4, -0.2) is 60.9 Å². The van der Waals surface area contributed by atoms with Gasteiger partial charge in [-0.05, 0) is 55.7 Å². The minimum absolute atomic E-state index is 0.0622.